The summed E-state index contributed by atoms with van der Waals surface area (Å²) in [6.07, 6.45) is 1.82. The molecule has 0 atom stereocenters. The van der Waals surface area contributed by atoms with Crippen LogP contribution in [0.15, 0.2) is 36.5 Å². The lowest BCUT2D eigenvalue weighted by Gasteiger charge is -2.11. The predicted octanol–water partition coefficient (Wildman–Crippen LogP) is 2.95. The third kappa shape index (κ3) is 2.42. The molecule has 2 aromatic heterocycles. The van der Waals surface area contributed by atoms with Crippen LogP contribution in [-0.4, -0.2) is 14.8 Å². The van der Waals surface area contributed by atoms with Gasteiger partial charge in [-0.1, -0.05) is 24.3 Å². The first-order valence-corrected chi connectivity index (χ1v) is 7.10. The highest BCUT2D eigenvalue weighted by atomic mass is 15.3. The van der Waals surface area contributed by atoms with E-state index in [9.17, 15) is 0 Å². The molecule has 3 rings (SSSR count). The average Bonchev–Trinajstić information content (AvgIpc) is 2.80. The van der Waals surface area contributed by atoms with Gasteiger partial charge >= 0.3 is 0 Å². The number of nitrogen functional groups attached to an aromatic ring is 1. The molecule has 0 aliphatic heterocycles. The molecule has 0 fully saturated rings. The van der Waals surface area contributed by atoms with Gasteiger partial charge in [0.15, 0.2) is 0 Å². The molecule has 2 heterocycles. The van der Waals surface area contributed by atoms with Crippen LogP contribution in [0, 0.1) is 6.92 Å². The maximum atomic E-state index is 6.09. The van der Waals surface area contributed by atoms with Gasteiger partial charge in [0, 0.05) is 24.7 Å². The molecular weight excluding hydrogens is 262 g/mol. The zero-order valence-electron chi connectivity index (χ0n) is 12.3. The quantitative estimate of drug-likeness (QED) is 0.771. The Hall–Kier alpha value is -2.56. The van der Waals surface area contributed by atoms with Crippen LogP contribution in [0.2, 0.25) is 0 Å². The number of hydrogen-bond donors (Lipinski definition) is 2. The van der Waals surface area contributed by atoms with Gasteiger partial charge in [0.1, 0.15) is 5.82 Å². The van der Waals surface area contributed by atoms with E-state index in [1.54, 1.807) is 0 Å². The van der Waals surface area contributed by atoms with Gasteiger partial charge in [-0.15, -0.1) is 0 Å². The lowest BCUT2D eigenvalue weighted by Crippen LogP contribution is -2.08. The van der Waals surface area contributed by atoms with E-state index >= 15 is 0 Å². The van der Waals surface area contributed by atoms with Crippen LogP contribution in [0.5, 0.6) is 0 Å². The van der Waals surface area contributed by atoms with Crippen LogP contribution in [0.3, 0.4) is 0 Å². The molecule has 0 aliphatic rings. The molecule has 3 aromatic rings. The fourth-order valence-corrected chi connectivity index (χ4v) is 2.50. The highest BCUT2D eigenvalue weighted by Gasteiger charge is 2.11. The van der Waals surface area contributed by atoms with Crippen molar-refractivity contribution in [3.63, 3.8) is 0 Å². The first-order valence-electron chi connectivity index (χ1n) is 7.10. The van der Waals surface area contributed by atoms with E-state index in [0.29, 0.717) is 12.2 Å². The van der Waals surface area contributed by atoms with Crippen LogP contribution in [-0.2, 0) is 13.1 Å². The minimum absolute atomic E-state index is 0.670. The number of para-hydroxylation sites is 1. The Balaban J connectivity index is 1.91. The molecule has 0 radical (unpaired) electrons. The molecule has 0 amide bonds. The second kappa shape index (κ2) is 5.44. The highest BCUT2D eigenvalue weighted by molar-refractivity contribution is 5.81. The molecule has 5 nitrogen and oxygen atoms in total. The maximum absolute atomic E-state index is 6.09. The van der Waals surface area contributed by atoms with Crippen molar-refractivity contribution in [2.24, 2.45) is 0 Å². The van der Waals surface area contributed by atoms with Crippen LogP contribution in [0.1, 0.15) is 18.2 Å². The Morgan fingerprint density at radius 3 is 2.86 bits per heavy atom. The number of aryl methyl sites for hydroxylation is 2. The maximum Gasteiger partial charge on any atom is 0.148 e. The number of pyridine rings is 1. The third-order valence-corrected chi connectivity index (χ3v) is 3.64. The number of nitrogens with zero attached hydrogens (tertiary/aromatic N) is 3. The van der Waals surface area contributed by atoms with E-state index in [1.807, 2.05) is 29.9 Å². The van der Waals surface area contributed by atoms with Gasteiger partial charge in [0.25, 0.3) is 0 Å². The summed E-state index contributed by atoms with van der Waals surface area (Å²) in [5, 5.41) is 8.96. The number of aromatic nitrogens is 3. The van der Waals surface area contributed by atoms with E-state index in [1.165, 1.54) is 0 Å². The fraction of sp³-hybridized carbons (Fsp3) is 0.250. The standard InChI is InChI=1S/C16H19N5/c1-3-21-16(14(17)11(2)20-21)19-10-13-7-4-6-12-8-5-9-18-15(12)13/h4-9,19H,3,10,17H2,1-2H3. The molecule has 0 aliphatic carbocycles. The highest BCUT2D eigenvalue weighted by Crippen LogP contribution is 2.24. The zero-order valence-corrected chi connectivity index (χ0v) is 12.3. The van der Waals surface area contributed by atoms with Crippen molar-refractivity contribution in [1.82, 2.24) is 14.8 Å². The molecule has 0 saturated heterocycles. The van der Waals surface area contributed by atoms with Gasteiger partial charge in [-0.3, -0.25) is 4.98 Å². The van der Waals surface area contributed by atoms with E-state index < -0.39 is 0 Å². The lowest BCUT2D eigenvalue weighted by molar-refractivity contribution is 0.657. The summed E-state index contributed by atoms with van der Waals surface area (Å²) >= 11 is 0. The van der Waals surface area contributed by atoms with E-state index in [0.717, 1.165) is 34.5 Å². The summed E-state index contributed by atoms with van der Waals surface area (Å²) in [7, 11) is 0. The largest absolute Gasteiger partial charge is 0.394 e. The van der Waals surface area contributed by atoms with Gasteiger partial charge in [-0.25, -0.2) is 4.68 Å². The molecule has 0 unspecified atom stereocenters. The molecule has 0 spiro atoms. The van der Waals surface area contributed by atoms with E-state index in [2.05, 4.69) is 40.5 Å². The van der Waals surface area contributed by atoms with Crippen LogP contribution in [0.4, 0.5) is 11.5 Å². The third-order valence-electron chi connectivity index (χ3n) is 3.64. The van der Waals surface area contributed by atoms with Gasteiger partial charge in [-0.2, -0.15) is 5.10 Å². The number of fused-ring (bicyclic) bond motifs is 1. The Labute approximate surface area is 123 Å². The summed E-state index contributed by atoms with van der Waals surface area (Å²) in [5.74, 6) is 0.878. The Morgan fingerprint density at radius 1 is 1.24 bits per heavy atom. The molecule has 1 aromatic carbocycles. The first-order chi connectivity index (χ1) is 10.2. The molecule has 21 heavy (non-hydrogen) atoms. The number of benzene rings is 1. The van der Waals surface area contributed by atoms with Gasteiger partial charge in [0.05, 0.1) is 16.9 Å². The lowest BCUT2D eigenvalue weighted by atomic mass is 10.1. The number of nitrogens with one attached hydrogen (secondary N) is 1. The smallest absolute Gasteiger partial charge is 0.148 e. The van der Waals surface area contributed by atoms with Gasteiger partial charge < -0.3 is 11.1 Å². The number of hydrogen-bond acceptors (Lipinski definition) is 4. The van der Waals surface area contributed by atoms with Crippen LogP contribution >= 0.6 is 0 Å². The second-order valence-corrected chi connectivity index (χ2v) is 5.01. The van der Waals surface area contributed by atoms with Crippen molar-refractivity contribution in [1.29, 1.82) is 0 Å². The van der Waals surface area contributed by atoms with Crippen molar-refractivity contribution < 1.29 is 0 Å². The Kier molecular flexibility index (Phi) is 3.48. The summed E-state index contributed by atoms with van der Waals surface area (Å²) < 4.78 is 1.89. The summed E-state index contributed by atoms with van der Waals surface area (Å²) in [5.41, 5.74) is 9.83. The SMILES string of the molecule is CCn1nc(C)c(N)c1NCc1cccc2cccnc12. The van der Waals surface area contributed by atoms with Crippen molar-refractivity contribution in [3.05, 3.63) is 47.8 Å². The molecular formula is C16H19N5. The predicted molar refractivity (Wildman–Crippen MR) is 86.1 cm³/mol. The summed E-state index contributed by atoms with van der Waals surface area (Å²) in [6.45, 7) is 5.43. The fourth-order valence-electron chi connectivity index (χ4n) is 2.50. The number of rotatable bonds is 4. The van der Waals surface area contributed by atoms with Gasteiger partial charge in [-0.05, 0) is 25.5 Å². The topological polar surface area (TPSA) is 68.8 Å². The number of nitrogens with two attached hydrogens (primary N) is 1. The van der Waals surface area contributed by atoms with Crippen molar-refractivity contribution in [2.45, 2.75) is 26.9 Å². The van der Waals surface area contributed by atoms with Crippen molar-refractivity contribution in [3.8, 4) is 0 Å². The molecule has 5 heteroatoms. The monoisotopic (exact) mass is 281 g/mol. The van der Waals surface area contributed by atoms with Crippen LogP contribution in [0.25, 0.3) is 10.9 Å². The zero-order chi connectivity index (χ0) is 14.8. The number of anilines is 2. The molecule has 3 N–H and O–H groups in total. The Bertz CT molecular complexity index is 770. The minimum Gasteiger partial charge on any atom is -0.394 e. The van der Waals surface area contributed by atoms with E-state index in [4.69, 9.17) is 5.73 Å². The van der Waals surface area contributed by atoms with Crippen molar-refractivity contribution >= 4 is 22.4 Å². The average molecular weight is 281 g/mol. The second-order valence-electron chi connectivity index (χ2n) is 5.01. The van der Waals surface area contributed by atoms with Crippen molar-refractivity contribution in [2.75, 3.05) is 11.1 Å². The molecule has 0 bridgehead atoms. The summed E-state index contributed by atoms with van der Waals surface area (Å²) in [4.78, 5) is 4.47. The van der Waals surface area contributed by atoms with Crippen LogP contribution < -0.4 is 11.1 Å². The summed E-state index contributed by atoms with van der Waals surface area (Å²) in [6, 6.07) is 10.2. The van der Waals surface area contributed by atoms with Gasteiger partial charge in [0.2, 0.25) is 0 Å². The molecule has 0 saturated carbocycles. The molecule has 108 valence electrons. The first kappa shape index (κ1) is 13.4. The minimum atomic E-state index is 0.670. The Morgan fingerprint density at radius 2 is 2.05 bits per heavy atom. The van der Waals surface area contributed by atoms with E-state index in [-0.39, 0.29) is 0 Å². The normalized spacial score (nSPS) is 11.0.